The second-order valence-electron chi connectivity index (χ2n) is 6.01. The van der Waals surface area contributed by atoms with E-state index in [4.69, 9.17) is 0 Å². The second kappa shape index (κ2) is 5.25. The van der Waals surface area contributed by atoms with Crippen LogP contribution in [0.4, 0.5) is 0 Å². The molecule has 1 aliphatic carbocycles. The Balaban J connectivity index is 2.42. The molecule has 1 atom stereocenters. The van der Waals surface area contributed by atoms with E-state index in [9.17, 15) is 9.36 Å². The van der Waals surface area contributed by atoms with Crippen LogP contribution in [-0.2, 0) is 4.57 Å². The summed E-state index contributed by atoms with van der Waals surface area (Å²) >= 11 is 0. The Morgan fingerprint density at radius 3 is 2.05 bits per heavy atom. The standard InChI is InChI=1S/C16H23O2P/c1-11-9-12(2)15(13(3)10-11)16(17)19(4,18)14-7-5-6-8-14/h9-10,14H,5-8H2,1-4H3. The summed E-state index contributed by atoms with van der Waals surface area (Å²) in [6.07, 6.45) is 4.12. The van der Waals surface area contributed by atoms with Gasteiger partial charge in [0.2, 0.25) is 5.52 Å². The van der Waals surface area contributed by atoms with E-state index in [1.165, 1.54) is 0 Å². The lowest BCUT2D eigenvalue weighted by Gasteiger charge is -2.21. The van der Waals surface area contributed by atoms with Crippen LogP contribution in [0.3, 0.4) is 0 Å². The fourth-order valence-electron chi connectivity index (χ4n) is 3.30. The minimum atomic E-state index is -2.76. The van der Waals surface area contributed by atoms with Crippen molar-refractivity contribution in [2.45, 2.75) is 52.1 Å². The summed E-state index contributed by atoms with van der Waals surface area (Å²) in [5.74, 6) is 0. The number of aryl methyl sites for hydroxylation is 3. The van der Waals surface area contributed by atoms with Gasteiger partial charge in [0.25, 0.3) is 0 Å². The van der Waals surface area contributed by atoms with Crippen molar-refractivity contribution in [3.05, 3.63) is 34.4 Å². The molecule has 1 aliphatic rings. The molecule has 3 heteroatoms. The molecule has 1 unspecified atom stereocenters. The summed E-state index contributed by atoms with van der Waals surface area (Å²) in [6, 6.07) is 4.02. The number of rotatable bonds is 3. The molecule has 1 fully saturated rings. The van der Waals surface area contributed by atoms with Gasteiger partial charge in [-0.05, 0) is 51.4 Å². The maximum absolute atomic E-state index is 13.0. The predicted octanol–water partition coefficient (Wildman–Crippen LogP) is 4.69. The van der Waals surface area contributed by atoms with E-state index in [2.05, 4.69) is 0 Å². The van der Waals surface area contributed by atoms with Crippen LogP contribution in [0.2, 0.25) is 0 Å². The van der Waals surface area contributed by atoms with Crippen LogP contribution in [0.15, 0.2) is 12.1 Å². The topological polar surface area (TPSA) is 34.1 Å². The molecule has 0 aromatic heterocycles. The van der Waals surface area contributed by atoms with Crippen molar-refractivity contribution in [3.8, 4) is 0 Å². The zero-order valence-electron chi connectivity index (χ0n) is 12.3. The highest BCUT2D eigenvalue weighted by Crippen LogP contribution is 2.56. The SMILES string of the molecule is Cc1cc(C)c(C(=O)P(C)(=O)C2CCCC2)c(C)c1. The summed E-state index contributed by atoms with van der Waals surface area (Å²) in [4.78, 5) is 12.7. The Hall–Kier alpha value is -0.880. The van der Waals surface area contributed by atoms with Crippen molar-refractivity contribution in [1.82, 2.24) is 0 Å². The van der Waals surface area contributed by atoms with Gasteiger partial charge in [0.1, 0.15) is 0 Å². The second-order valence-corrected chi connectivity index (χ2v) is 9.12. The summed E-state index contributed by atoms with van der Waals surface area (Å²) in [5.41, 5.74) is 3.78. The minimum Gasteiger partial charge on any atom is -0.315 e. The third-order valence-corrected chi connectivity index (χ3v) is 7.26. The van der Waals surface area contributed by atoms with Gasteiger partial charge in [-0.2, -0.15) is 0 Å². The molecule has 0 amide bonds. The highest BCUT2D eigenvalue weighted by molar-refractivity contribution is 7.81. The Morgan fingerprint density at radius 1 is 1.11 bits per heavy atom. The first-order valence-electron chi connectivity index (χ1n) is 7.04. The summed E-state index contributed by atoms with van der Waals surface area (Å²) in [7, 11) is -2.76. The highest BCUT2D eigenvalue weighted by Gasteiger charge is 2.38. The van der Waals surface area contributed by atoms with E-state index in [-0.39, 0.29) is 11.2 Å². The number of hydrogen-bond acceptors (Lipinski definition) is 2. The molecule has 1 aromatic carbocycles. The number of carbonyl (C=O) groups is 1. The van der Waals surface area contributed by atoms with Crippen molar-refractivity contribution in [1.29, 1.82) is 0 Å². The van der Waals surface area contributed by atoms with Gasteiger partial charge in [0.15, 0.2) is 7.14 Å². The lowest BCUT2D eigenvalue weighted by Crippen LogP contribution is -2.13. The molecular weight excluding hydrogens is 255 g/mol. The molecule has 0 aliphatic heterocycles. The Labute approximate surface area is 116 Å². The molecule has 104 valence electrons. The van der Waals surface area contributed by atoms with Crippen LogP contribution in [-0.4, -0.2) is 17.8 Å². The monoisotopic (exact) mass is 278 g/mol. The van der Waals surface area contributed by atoms with Gasteiger partial charge in [0.05, 0.1) is 0 Å². The zero-order valence-corrected chi connectivity index (χ0v) is 13.2. The summed E-state index contributed by atoms with van der Waals surface area (Å²) in [6.45, 7) is 7.62. The molecule has 0 N–H and O–H groups in total. The van der Waals surface area contributed by atoms with Crippen LogP contribution < -0.4 is 0 Å². The van der Waals surface area contributed by atoms with E-state index in [1.54, 1.807) is 6.66 Å². The fraction of sp³-hybridized carbons (Fsp3) is 0.562. The zero-order chi connectivity index (χ0) is 14.2. The maximum atomic E-state index is 13.0. The first-order chi connectivity index (χ1) is 8.84. The Bertz CT molecular complexity index is 531. The Kier molecular flexibility index (Phi) is 4.01. The van der Waals surface area contributed by atoms with E-state index >= 15 is 0 Å². The first kappa shape index (κ1) is 14.5. The summed E-state index contributed by atoms with van der Waals surface area (Å²) < 4.78 is 13.0. The third kappa shape index (κ3) is 2.69. The Morgan fingerprint density at radius 2 is 1.58 bits per heavy atom. The van der Waals surface area contributed by atoms with Crippen molar-refractivity contribution < 1.29 is 9.36 Å². The summed E-state index contributed by atoms with van der Waals surface area (Å²) in [5, 5.41) is 0. The molecule has 0 saturated heterocycles. The number of hydrogen-bond donors (Lipinski definition) is 0. The molecule has 19 heavy (non-hydrogen) atoms. The molecule has 1 saturated carbocycles. The van der Waals surface area contributed by atoms with Crippen LogP contribution in [0.5, 0.6) is 0 Å². The average molecular weight is 278 g/mol. The molecule has 0 spiro atoms. The largest absolute Gasteiger partial charge is 0.315 e. The van der Waals surface area contributed by atoms with Crippen molar-refractivity contribution >= 4 is 12.7 Å². The van der Waals surface area contributed by atoms with Crippen molar-refractivity contribution in [2.75, 3.05) is 6.66 Å². The van der Waals surface area contributed by atoms with E-state index in [1.807, 2.05) is 32.9 Å². The molecular formula is C16H23O2P. The maximum Gasteiger partial charge on any atom is 0.221 e. The average Bonchev–Trinajstić information content (AvgIpc) is 2.81. The van der Waals surface area contributed by atoms with E-state index in [0.717, 1.165) is 42.4 Å². The van der Waals surface area contributed by atoms with Gasteiger partial charge in [-0.1, -0.05) is 30.5 Å². The van der Waals surface area contributed by atoms with Crippen LogP contribution in [0, 0.1) is 20.8 Å². The fourth-order valence-corrected chi connectivity index (χ4v) is 5.78. The first-order valence-corrected chi connectivity index (χ1v) is 9.26. The number of benzene rings is 1. The molecule has 2 nitrogen and oxygen atoms in total. The highest BCUT2D eigenvalue weighted by atomic mass is 31.2. The molecule has 0 bridgehead atoms. The predicted molar refractivity (Wildman–Crippen MR) is 80.8 cm³/mol. The van der Waals surface area contributed by atoms with Crippen LogP contribution in [0.25, 0.3) is 0 Å². The molecule has 0 heterocycles. The molecule has 2 rings (SSSR count). The van der Waals surface area contributed by atoms with Gasteiger partial charge in [0, 0.05) is 11.2 Å². The quantitative estimate of drug-likeness (QED) is 0.752. The smallest absolute Gasteiger partial charge is 0.221 e. The number of carbonyl (C=O) groups excluding carboxylic acids is 1. The van der Waals surface area contributed by atoms with Crippen molar-refractivity contribution in [2.24, 2.45) is 0 Å². The van der Waals surface area contributed by atoms with Gasteiger partial charge in [-0.15, -0.1) is 0 Å². The minimum absolute atomic E-state index is 0.102. The van der Waals surface area contributed by atoms with Crippen molar-refractivity contribution in [3.63, 3.8) is 0 Å². The van der Waals surface area contributed by atoms with E-state index in [0.29, 0.717) is 5.56 Å². The lowest BCUT2D eigenvalue weighted by atomic mass is 10.0. The van der Waals surface area contributed by atoms with E-state index < -0.39 is 7.14 Å². The van der Waals surface area contributed by atoms with Gasteiger partial charge in [-0.3, -0.25) is 4.79 Å². The van der Waals surface area contributed by atoms with Gasteiger partial charge in [-0.25, -0.2) is 0 Å². The van der Waals surface area contributed by atoms with Crippen LogP contribution in [0.1, 0.15) is 52.7 Å². The van der Waals surface area contributed by atoms with Gasteiger partial charge >= 0.3 is 0 Å². The molecule has 1 aromatic rings. The third-order valence-electron chi connectivity index (χ3n) is 4.32. The molecule has 0 radical (unpaired) electrons. The van der Waals surface area contributed by atoms with Gasteiger partial charge < -0.3 is 4.57 Å². The normalized spacial score (nSPS) is 19.4. The lowest BCUT2D eigenvalue weighted by molar-refractivity contribution is 0.107. The van der Waals surface area contributed by atoms with Crippen LogP contribution >= 0.6 is 7.14 Å².